The first kappa shape index (κ1) is 18.9. The monoisotopic (exact) mass is 405 g/mol. The zero-order valence-corrected chi connectivity index (χ0v) is 17.3. The Balaban J connectivity index is 1.75. The summed E-state index contributed by atoms with van der Waals surface area (Å²) >= 11 is 7.65. The van der Waals surface area contributed by atoms with Crippen molar-refractivity contribution in [2.24, 2.45) is 0 Å². The number of halogens is 1. The van der Waals surface area contributed by atoms with Crippen molar-refractivity contribution in [3.63, 3.8) is 0 Å². The molecule has 0 saturated carbocycles. The van der Waals surface area contributed by atoms with Gasteiger partial charge in [-0.25, -0.2) is 0 Å². The molecule has 0 aromatic heterocycles. The van der Waals surface area contributed by atoms with Crippen molar-refractivity contribution in [3.05, 3.63) is 105 Å². The Hall–Kier alpha value is -2.49. The van der Waals surface area contributed by atoms with E-state index in [0.29, 0.717) is 5.02 Å². The molecule has 1 saturated heterocycles. The molecular weight excluding hydrogens is 386 g/mol. The molecule has 1 aliphatic heterocycles. The fraction of sp³-hybridized carbons (Fsp3) is 0.125. The molecule has 4 rings (SSSR count). The first-order chi connectivity index (χ1) is 13.5. The maximum Gasteiger partial charge on any atom is 0.266 e. The lowest BCUT2D eigenvalue weighted by molar-refractivity contribution is -0.114. The second-order valence-corrected chi connectivity index (χ2v) is 8.51. The van der Waals surface area contributed by atoms with Crippen molar-refractivity contribution in [1.29, 1.82) is 0 Å². The molecular formula is C24H20ClNOS. The number of nitrogens with zero attached hydrogens (tertiary/aromatic N) is 1. The van der Waals surface area contributed by atoms with E-state index in [2.05, 4.69) is 19.1 Å². The number of carbonyl (C=O) groups excluding carboxylic acids is 1. The first-order valence-electron chi connectivity index (χ1n) is 9.12. The Morgan fingerprint density at radius 3 is 2.04 bits per heavy atom. The van der Waals surface area contributed by atoms with Crippen LogP contribution in [0.4, 0.5) is 5.69 Å². The van der Waals surface area contributed by atoms with E-state index < -0.39 is 0 Å². The molecule has 1 heterocycles. The van der Waals surface area contributed by atoms with Crippen LogP contribution in [0.5, 0.6) is 0 Å². The average molecular weight is 406 g/mol. The van der Waals surface area contributed by atoms with Crippen LogP contribution in [0.1, 0.15) is 27.6 Å². The lowest BCUT2D eigenvalue weighted by Gasteiger charge is -2.24. The highest BCUT2D eigenvalue weighted by Gasteiger charge is 2.38. The van der Waals surface area contributed by atoms with Crippen molar-refractivity contribution in [2.45, 2.75) is 19.2 Å². The van der Waals surface area contributed by atoms with Crippen molar-refractivity contribution >= 4 is 41.0 Å². The molecule has 1 fully saturated rings. The smallest absolute Gasteiger partial charge is 0.266 e. The summed E-state index contributed by atoms with van der Waals surface area (Å²) < 4.78 is 0. The van der Waals surface area contributed by atoms with Gasteiger partial charge in [-0.2, -0.15) is 0 Å². The lowest BCUT2D eigenvalue weighted by atomic mass is 10.1. The van der Waals surface area contributed by atoms with Gasteiger partial charge in [0.1, 0.15) is 5.37 Å². The number of hydrogen-bond donors (Lipinski definition) is 0. The number of anilines is 1. The summed E-state index contributed by atoms with van der Waals surface area (Å²) in [5, 5.41) is 0.569. The third-order valence-corrected chi connectivity index (χ3v) is 6.25. The van der Waals surface area contributed by atoms with Crippen LogP contribution in [0.25, 0.3) is 6.08 Å². The van der Waals surface area contributed by atoms with Crippen molar-refractivity contribution in [1.82, 2.24) is 0 Å². The molecule has 28 heavy (non-hydrogen) atoms. The summed E-state index contributed by atoms with van der Waals surface area (Å²) in [5.74, 6) is 0.0226. The van der Waals surface area contributed by atoms with Crippen molar-refractivity contribution < 1.29 is 4.79 Å². The van der Waals surface area contributed by atoms with E-state index in [0.717, 1.165) is 21.7 Å². The fourth-order valence-electron chi connectivity index (χ4n) is 3.16. The number of benzene rings is 3. The van der Waals surface area contributed by atoms with E-state index in [9.17, 15) is 4.79 Å². The van der Waals surface area contributed by atoms with Gasteiger partial charge in [0.25, 0.3) is 5.91 Å². The first-order valence-corrected chi connectivity index (χ1v) is 10.4. The number of thioether (sulfide) groups is 1. The van der Waals surface area contributed by atoms with Gasteiger partial charge in [0.05, 0.1) is 4.91 Å². The van der Waals surface area contributed by atoms with Crippen LogP contribution in [-0.2, 0) is 4.79 Å². The lowest BCUT2D eigenvalue weighted by Crippen LogP contribution is -2.27. The van der Waals surface area contributed by atoms with E-state index in [1.165, 1.54) is 11.1 Å². The SMILES string of the molecule is Cc1ccc(C=C2SC(c3ccc(Cl)cc3)N(c3ccc(C)cc3)C2=O)cc1. The molecule has 1 unspecified atom stereocenters. The standard InChI is InChI=1S/C24H20ClNOS/c1-16-3-7-18(8-4-16)15-22-23(27)26(21-13-5-17(2)6-14-21)24(28-22)19-9-11-20(25)12-10-19/h3-15,24H,1-2H3. The minimum atomic E-state index is -0.121. The van der Waals surface area contributed by atoms with Gasteiger partial charge in [-0.15, -0.1) is 0 Å². The molecule has 0 bridgehead atoms. The Labute approximate surface area is 174 Å². The predicted octanol–water partition coefficient (Wildman–Crippen LogP) is 6.78. The zero-order chi connectivity index (χ0) is 19.7. The highest BCUT2D eigenvalue weighted by molar-refractivity contribution is 8.05. The van der Waals surface area contributed by atoms with Crippen molar-refractivity contribution in [3.8, 4) is 0 Å². The highest BCUT2D eigenvalue weighted by atomic mass is 35.5. The predicted molar refractivity (Wildman–Crippen MR) is 120 cm³/mol. The van der Waals surface area contributed by atoms with Gasteiger partial charge >= 0.3 is 0 Å². The molecule has 0 radical (unpaired) electrons. The maximum atomic E-state index is 13.3. The van der Waals surface area contributed by atoms with Crippen LogP contribution >= 0.6 is 23.4 Å². The summed E-state index contributed by atoms with van der Waals surface area (Å²) in [6.07, 6.45) is 1.98. The molecule has 3 aromatic carbocycles. The number of aryl methyl sites for hydroxylation is 2. The average Bonchev–Trinajstić information content (AvgIpc) is 3.01. The maximum absolute atomic E-state index is 13.3. The topological polar surface area (TPSA) is 20.3 Å². The third kappa shape index (κ3) is 3.87. The highest BCUT2D eigenvalue weighted by Crippen LogP contribution is 2.48. The minimum Gasteiger partial charge on any atom is -0.291 e. The summed E-state index contributed by atoms with van der Waals surface area (Å²) in [6.45, 7) is 4.10. The van der Waals surface area contributed by atoms with Gasteiger partial charge in [0.2, 0.25) is 0 Å². The van der Waals surface area contributed by atoms with Gasteiger partial charge in [-0.3, -0.25) is 9.69 Å². The van der Waals surface area contributed by atoms with Crippen LogP contribution in [0, 0.1) is 13.8 Å². The molecule has 0 N–H and O–H groups in total. The fourth-order valence-corrected chi connectivity index (χ4v) is 4.55. The van der Waals surface area contributed by atoms with Gasteiger partial charge in [0, 0.05) is 10.7 Å². The third-order valence-electron chi connectivity index (χ3n) is 4.75. The van der Waals surface area contributed by atoms with Crippen LogP contribution < -0.4 is 4.90 Å². The molecule has 4 heteroatoms. The second kappa shape index (κ2) is 7.86. The largest absolute Gasteiger partial charge is 0.291 e. The quantitative estimate of drug-likeness (QED) is 0.448. The zero-order valence-electron chi connectivity index (χ0n) is 15.7. The van der Waals surface area contributed by atoms with Crippen LogP contribution in [0.3, 0.4) is 0 Å². The Bertz CT molecular complexity index is 1020. The Morgan fingerprint density at radius 2 is 1.43 bits per heavy atom. The second-order valence-electron chi connectivity index (χ2n) is 6.95. The molecule has 0 aliphatic carbocycles. The van der Waals surface area contributed by atoms with E-state index in [1.54, 1.807) is 11.8 Å². The van der Waals surface area contributed by atoms with E-state index >= 15 is 0 Å². The summed E-state index contributed by atoms with van der Waals surface area (Å²) in [4.78, 5) is 15.9. The molecule has 2 nitrogen and oxygen atoms in total. The van der Waals surface area contributed by atoms with Gasteiger partial charge in [-0.1, -0.05) is 83.0 Å². The molecule has 140 valence electrons. The van der Waals surface area contributed by atoms with Crippen molar-refractivity contribution in [2.75, 3.05) is 4.90 Å². The minimum absolute atomic E-state index is 0.0226. The molecule has 1 amide bonds. The number of hydrogen-bond acceptors (Lipinski definition) is 2. The molecule has 3 aromatic rings. The van der Waals surface area contributed by atoms with Gasteiger partial charge in [-0.05, 0) is 55.3 Å². The van der Waals surface area contributed by atoms with E-state index in [1.807, 2.05) is 78.6 Å². The summed E-state index contributed by atoms with van der Waals surface area (Å²) in [6, 6.07) is 24.0. The Morgan fingerprint density at radius 1 is 0.857 bits per heavy atom. The number of carbonyl (C=O) groups is 1. The Kier molecular flexibility index (Phi) is 5.29. The molecule has 1 atom stereocenters. The van der Waals surface area contributed by atoms with E-state index in [4.69, 9.17) is 11.6 Å². The molecule has 1 aliphatic rings. The number of rotatable bonds is 3. The van der Waals surface area contributed by atoms with Crippen LogP contribution in [0.2, 0.25) is 5.02 Å². The molecule has 0 spiro atoms. The normalized spacial score (nSPS) is 18.1. The van der Waals surface area contributed by atoms with Crippen LogP contribution in [-0.4, -0.2) is 5.91 Å². The number of amides is 1. The van der Waals surface area contributed by atoms with Crippen LogP contribution in [0.15, 0.2) is 77.7 Å². The van der Waals surface area contributed by atoms with Gasteiger partial charge in [0.15, 0.2) is 0 Å². The summed E-state index contributed by atoms with van der Waals surface area (Å²) in [5.41, 5.74) is 5.35. The van der Waals surface area contributed by atoms with E-state index in [-0.39, 0.29) is 11.3 Å². The van der Waals surface area contributed by atoms with Gasteiger partial charge < -0.3 is 0 Å². The summed E-state index contributed by atoms with van der Waals surface area (Å²) in [7, 11) is 0.